The van der Waals surface area contributed by atoms with E-state index in [9.17, 15) is 14.5 Å². The lowest BCUT2D eigenvalue weighted by Crippen LogP contribution is -1.99. The van der Waals surface area contributed by atoms with Crippen molar-refractivity contribution in [2.45, 2.75) is 6.54 Å². The summed E-state index contributed by atoms with van der Waals surface area (Å²) in [6.45, 7) is 0.391. The van der Waals surface area contributed by atoms with Gasteiger partial charge in [-0.15, -0.1) is 0 Å². The normalized spacial score (nSPS) is 10.5. The number of nitrogens with zero attached hydrogens (tertiary/aromatic N) is 3. The second-order valence-corrected chi connectivity index (χ2v) is 4.12. The van der Waals surface area contributed by atoms with Gasteiger partial charge in [-0.3, -0.25) is 4.57 Å². The summed E-state index contributed by atoms with van der Waals surface area (Å²) in [5, 5.41) is 10.6. The van der Waals surface area contributed by atoms with Gasteiger partial charge < -0.3 is 10.1 Å². The summed E-state index contributed by atoms with van der Waals surface area (Å²) < 4.78 is 14.6. The molecule has 0 saturated carbocycles. The third kappa shape index (κ3) is 2.50. The highest BCUT2D eigenvalue weighted by Gasteiger charge is 2.18. The van der Waals surface area contributed by atoms with Crippen molar-refractivity contribution < 1.29 is 9.31 Å². The fourth-order valence-corrected chi connectivity index (χ4v) is 1.84. The Hall–Kier alpha value is -1.76. The number of benzene rings is 1. The SMILES string of the molecule is O=[N+]([O-])c1ncn(Cc2ccc(F)cc2)c1Br. The summed E-state index contributed by atoms with van der Waals surface area (Å²) in [5.41, 5.74) is 0.833. The predicted molar refractivity (Wildman–Crippen MR) is 62.1 cm³/mol. The minimum Gasteiger partial charge on any atom is -0.358 e. The van der Waals surface area contributed by atoms with Crippen LogP contribution in [0.1, 0.15) is 5.56 Å². The average molecular weight is 300 g/mol. The fraction of sp³-hybridized carbons (Fsp3) is 0.100. The van der Waals surface area contributed by atoms with E-state index in [1.165, 1.54) is 18.5 Å². The number of nitro groups is 1. The average Bonchev–Trinajstić information content (AvgIpc) is 2.64. The fourth-order valence-electron chi connectivity index (χ4n) is 1.38. The van der Waals surface area contributed by atoms with E-state index in [0.717, 1.165) is 5.56 Å². The van der Waals surface area contributed by atoms with Crippen LogP contribution in [0.5, 0.6) is 0 Å². The molecule has 0 amide bonds. The Balaban J connectivity index is 2.24. The van der Waals surface area contributed by atoms with Crippen LogP contribution in [-0.4, -0.2) is 14.5 Å². The lowest BCUT2D eigenvalue weighted by atomic mass is 10.2. The number of halogens is 2. The molecule has 0 saturated heterocycles. The Labute approximate surface area is 104 Å². The number of imidazole rings is 1. The van der Waals surface area contributed by atoms with E-state index in [4.69, 9.17) is 0 Å². The highest BCUT2D eigenvalue weighted by atomic mass is 79.9. The Bertz CT molecular complexity index is 553. The van der Waals surface area contributed by atoms with E-state index < -0.39 is 4.92 Å². The molecule has 0 aliphatic carbocycles. The zero-order valence-corrected chi connectivity index (χ0v) is 10.1. The van der Waals surface area contributed by atoms with Gasteiger partial charge in [-0.25, -0.2) is 4.39 Å². The monoisotopic (exact) mass is 299 g/mol. The zero-order valence-electron chi connectivity index (χ0n) is 8.51. The van der Waals surface area contributed by atoms with E-state index in [-0.39, 0.29) is 11.6 Å². The summed E-state index contributed by atoms with van der Waals surface area (Å²) in [6, 6.07) is 5.92. The molecule has 1 heterocycles. The second kappa shape index (κ2) is 4.62. The Morgan fingerprint density at radius 2 is 2.06 bits per heavy atom. The summed E-state index contributed by atoms with van der Waals surface area (Å²) in [6.07, 6.45) is 1.37. The topological polar surface area (TPSA) is 61.0 Å². The molecule has 2 rings (SSSR count). The highest BCUT2D eigenvalue weighted by Crippen LogP contribution is 2.23. The molecule has 0 aliphatic rings. The van der Waals surface area contributed by atoms with E-state index >= 15 is 0 Å². The van der Waals surface area contributed by atoms with Crippen LogP contribution in [0.3, 0.4) is 0 Å². The number of rotatable bonds is 3. The molecule has 17 heavy (non-hydrogen) atoms. The van der Waals surface area contributed by atoms with Crippen molar-refractivity contribution in [3.63, 3.8) is 0 Å². The van der Waals surface area contributed by atoms with Crippen molar-refractivity contribution in [1.29, 1.82) is 0 Å². The molecule has 7 heteroatoms. The number of hydrogen-bond acceptors (Lipinski definition) is 3. The minimum absolute atomic E-state index is 0.230. The Morgan fingerprint density at radius 1 is 1.41 bits per heavy atom. The largest absolute Gasteiger partial charge is 0.396 e. The van der Waals surface area contributed by atoms with Crippen molar-refractivity contribution in [2.24, 2.45) is 0 Å². The van der Waals surface area contributed by atoms with Crippen molar-refractivity contribution >= 4 is 21.7 Å². The molecular weight excluding hydrogens is 293 g/mol. The van der Waals surface area contributed by atoms with E-state index in [0.29, 0.717) is 11.1 Å². The standard InChI is InChI=1S/C10H7BrFN3O2/c11-9-10(15(16)17)13-6-14(9)5-7-1-3-8(12)4-2-7/h1-4,6H,5H2. The van der Waals surface area contributed by atoms with Crippen LogP contribution in [-0.2, 0) is 6.54 Å². The lowest BCUT2D eigenvalue weighted by Gasteiger charge is -2.02. The van der Waals surface area contributed by atoms with Gasteiger partial charge in [0.15, 0.2) is 4.60 Å². The first-order valence-corrected chi connectivity index (χ1v) is 5.46. The van der Waals surface area contributed by atoms with Crippen LogP contribution in [0.25, 0.3) is 0 Å². The molecule has 0 aliphatic heterocycles. The molecular formula is C10H7BrFN3O2. The summed E-state index contributed by atoms with van der Waals surface area (Å²) in [7, 11) is 0. The summed E-state index contributed by atoms with van der Waals surface area (Å²) >= 11 is 3.11. The minimum atomic E-state index is -0.564. The molecule has 0 fully saturated rings. The third-order valence-electron chi connectivity index (χ3n) is 2.20. The van der Waals surface area contributed by atoms with Gasteiger partial charge in [0.25, 0.3) is 0 Å². The van der Waals surface area contributed by atoms with E-state index in [1.807, 2.05) is 0 Å². The molecule has 2 aromatic rings. The molecule has 0 atom stereocenters. The molecule has 0 spiro atoms. The van der Waals surface area contributed by atoms with Gasteiger partial charge in [0, 0.05) is 0 Å². The highest BCUT2D eigenvalue weighted by molar-refractivity contribution is 9.10. The molecule has 0 N–H and O–H groups in total. The van der Waals surface area contributed by atoms with Crippen molar-refractivity contribution in [2.75, 3.05) is 0 Å². The maximum Gasteiger partial charge on any atom is 0.396 e. The molecule has 0 radical (unpaired) electrons. The van der Waals surface area contributed by atoms with Gasteiger partial charge in [-0.1, -0.05) is 12.1 Å². The van der Waals surface area contributed by atoms with Gasteiger partial charge in [-0.05, 0) is 43.5 Å². The van der Waals surface area contributed by atoms with Gasteiger partial charge in [0.05, 0.1) is 6.54 Å². The lowest BCUT2D eigenvalue weighted by molar-refractivity contribution is -0.390. The molecule has 1 aromatic heterocycles. The molecule has 0 bridgehead atoms. The van der Waals surface area contributed by atoms with Crippen LogP contribution >= 0.6 is 15.9 Å². The molecule has 1 aromatic carbocycles. The quantitative estimate of drug-likeness (QED) is 0.647. The second-order valence-electron chi connectivity index (χ2n) is 3.37. The van der Waals surface area contributed by atoms with Crippen LogP contribution in [0.2, 0.25) is 0 Å². The first kappa shape index (κ1) is 11.7. The summed E-state index contributed by atoms with van der Waals surface area (Å²) in [5.74, 6) is -0.545. The van der Waals surface area contributed by atoms with Crippen LogP contribution in [0.15, 0.2) is 35.2 Å². The van der Waals surface area contributed by atoms with Crippen LogP contribution in [0.4, 0.5) is 10.2 Å². The molecule has 5 nitrogen and oxygen atoms in total. The summed E-state index contributed by atoms with van der Waals surface area (Å²) in [4.78, 5) is 13.7. The smallest absolute Gasteiger partial charge is 0.358 e. The van der Waals surface area contributed by atoms with Gasteiger partial charge >= 0.3 is 5.82 Å². The Morgan fingerprint density at radius 3 is 2.59 bits per heavy atom. The van der Waals surface area contributed by atoms with Crippen LogP contribution < -0.4 is 0 Å². The molecule has 0 unspecified atom stereocenters. The zero-order chi connectivity index (χ0) is 12.4. The van der Waals surface area contributed by atoms with Gasteiger partial charge in [-0.2, -0.15) is 0 Å². The van der Waals surface area contributed by atoms with E-state index in [2.05, 4.69) is 20.9 Å². The number of hydrogen-bond donors (Lipinski definition) is 0. The first-order valence-electron chi connectivity index (χ1n) is 4.67. The third-order valence-corrected chi connectivity index (χ3v) is 3.01. The number of aromatic nitrogens is 2. The van der Waals surface area contributed by atoms with Crippen molar-refractivity contribution in [3.8, 4) is 0 Å². The van der Waals surface area contributed by atoms with Gasteiger partial charge in [0.1, 0.15) is 5.82 Å². The first-order chi connectivity index (χ1) is 8.08. The van der Waals surface area contributed by atoms with E-state index in [1.54, 1.807) is 16.7 Å². The molecule has 88 valence electrons. The Kier molecular flexibility index (Phi) is 3.19. The van der Waals surface area contributed by atoms with Crippen molar-refractivity contribution in [3.05, 3.63) is 56.7 Å². The maximum absolute atomic E-state index is 12.7. The maximum atomic E-state index is 12.7. The van der Waals surface area contributed by atoms with Crippen molar-refractivity contribution in [1.82, 2.24) is 9.55 Å². The predicted octanol–water partition coefficient (Wildman–Crippen LogP) is 2.74. The van der Waals surface area contributed by atoms with Gasteiger partial charge in [0.2, 0.25) is 6.33 Å². The van der Waals surface area contributed by atoms with Crippen LogP contribution in [0, 0.1) is 15.9 Å².